The van der Waals surface area contributed by atoms with Crippen LogP contribution in [-0.2, 0) is 0 Å². The molecule has 4 aromatic rings. The third-order valence-corrected chi connectivity index (χ3v) is 7.06. The predicted molar refractivity (Wildman–Crippen MR) is 152 cm³/mol. The molecule has 2 N–H and O–H groups in total. The van der Waals surface area contributed by atoms with Gasteiger partial charge >= 0.3 is 5.97 Å². The van der Waals surface area contributed by atoms with Gasteiger partial charge in [-0.2, -0.15) is 0 Å². The van der Waals surface area contributed by atoms with Crippen LogP contribution in [0.5, 0.6) is 5.75 Å². The molecule has 0 aliphatic carbocycles. The van der Waals surface area contributed by atoms with Crippen LogP contribution in [0.2, 0.25) is 0 Å². The van der Waals surface area contributed by atoms with Gasteiger partial charge in [0.2, 0.25) is 0 Å². The summed E-state index contributed by atoms with van der Waals surface area (Å²) in [7, 11) is 0. The molecule has 0 spiro atoms. The minimum atomic E-state index is -0.942. The fraction of sp³-hybridized carbons (Fsp3) is 0.233. The SMILES string of the molecule is Cc1cc([C@H]2[C@H](c3ccccn3)NC(=S)N2c2ccc(OC(C)C)cc2)c(C)n1-c1ccc(C(=O)O)cc1. The Bertz CT molecular complexity index is 1460. The fourth-order valence-electron chi connectivity index (χ4n) is 5.14. The maximum Gasteiger partial charge on any atom is 0.335 e. The van der Waals surface area contributed by atoms with E-state index in [1.807, 2.05) is 68.4 Å². The van der Waals surface area contributed by atoms with Gasteiger partial charge in [0.15, 0.2) is 5.11 Å². The lowest BCUT2D eigenvalue weighted by Crippen LogP contribution is -2.29. The van der Waals surface area contributed by atoms with Gasteiger partial charge in [0.1, 0.15) is 5.75 Å². The lowest BCUT2D eigenvalue weighted by atomic mass is 9.96. The molecule has 0 unspecified atom stereocenters. The molecule has 194 valence electrons. The number of aryl methyl sites for hydroxylation is 1. The van der Waals surface area contributed by atoms with Crippen molar-refractivity contribution in [3.8, 4) is 11.4 Å². The van der Waals surface area contributed by atoms with E-state index in [2.05, 4.69) is 39.7 Å². The smallest absolute Gasteiger partial charge is 0.335 e. The Morgan fingerprint density at radius 1 is 1.03 bits per heavy atom. The first-order chi connectivity index (χ1) is 18.2. The van der Waals surface area contributed by atoms with E-state index in [4.69, 9.17) is 17.0 Å². The minimum Gasteiger partial charge on any atom is -0.491 e. The molecule has 0 radical (unpaired) electrons. The second-order valence-electron chi connectivity index (χ2n) is 9.67. The molecule has 7 nitrogen and oxygen atoms in total. The first kappa shape index (κ1) is 25.5. The topological polar surface area (TPSA) is 79.6 Å². The number of nitrogens with zero attached hydrogens (tertiary/aromatic N) is 3. The molecular formula is C30H30N4O3S. The fourth-order valence-corrected chi connectivity index (χ4v) is 5.49. The number of thiocarbonyl (C=S) groups is 1. The Kier molecular flexibility index (Phi) is 6.91. The molecule has 5 rings (SSSR count). The summed E-state index contributed by atoms with van der Waals surface area (Å²) in [5, 5.41) is 13.5. The molecule has 0 amide bonds. The van der Waals surface area contributed by atoms with Crippen molar-refractivity contribution in [2.75, 3.05) is 4.90 Å². The van der Waals surface area contributed by atoms with Gasteiger partial charge in [-0.05, 0) is 112 Å². The van der Waals surface area contributed by atoms with Crippen LogP contribution >= 0.6 is 12.2 Å². The number of rotatable bonds is 7. The number of ether oxygens (including phenoxy) is 1. The van der Waals surface area contributed by atoms with Crippen LogP contribution in [0.4, 0.5) is 5.69 Å². The standard InChI is InChI=1S/C30H30N4O3S/c1-18(2)37-24-14-12-23(13-15-24)34-28(27(32-30(34)38)26-7-5-6-16-31-26)25-17-19(3)33(20(25)4)22-10-8-21(9-11-22)29(35)36/h5-18,27-28H,1-4H3,(H,32,38)(H,35,36)/t27-,28-/m0/s1. The highest BCUT2D eigenvalue weighted by atomic mass is 32.1. The average Bonchev–Trinajstić information content (AvgIpc) is 3.39. The number of pyridine rings is 1. The quantitative estimate of drug-likeness (QED) is 0.280. The van der Waals surface area contributed by atoms with E-state index in [1.54, 1.807) is 18.3 Å². The van der Waals surface area contributed by atoms with Crippen LogP contribution in [0.15, 0.2) is 79.0 Å². The van der Waals surface area contributed by atoms with E-state index in [0.717, 1.165) is 39.8 Å². The highest BCUT2D eigenvalue weighted by Gasteiger charge is 2.42. The van der Waals surface area contributed by atoms with E-state index in [0.29, 0.717) is 5.11 Å². The van der Waals surface area contributed by atoms with Crippen LogP contribution in [-0.4, -0.2) is 31.8 Å². The number of benzene rings is 2. The first-order valence-corrected chi connectivity index (χ1v) is 13.0. The lowest BCUT2D eigenvalue weighted by molar-refractivity contribution is 0.0697. The second-order valence-corrected chi connectivity index (χ2v) is 10.1. The Hall–Kier alpha value is -4.17. The van der Waals surface area contributed by atoms with Crippen LogP contribution in [0.25, 0.3) is 5.69 Å². The highest BCUT2D eigenvalue weighted by Crippen LogP contribution is 2.44. The van der Waals surface area contributed by atoms with Gasteiger partial charge in [0, 0.05) is 29.0 Å². The van der Waals surface area contributed by atoms with Crippen LogP contribution in [0.1, 0.15) is 58.9 Å². The maximum atomic E-state index is 11.4. The summed E-state index contributed by atoms with van der Waals surface area (Å²) in [5.74, 6) is -0.134. The van der Waals surface area contributed by atoms with E-state index in [1.165, 1.54) is 0 Å². The molecule has 1 aliphatic rings. The Morgan fingerprint density at radius 2 is 1.71 bits per heavy atom. The Morgan fingerprint density at radius 3 is 2.32 bits per heavy atom. The van der Waals surface area contributed by atoms with E-state index >= 15 is 0 Å². The van der Waals surface area contributed by atoms with Crippen molar-refractivity contribution in [2.24, 2.45) is 0 Å². The number of anilines is 1. The zero-order valence-electron chi connectivity index (χ0n) is 21.8. The number of hydrogen-bond acceptors (Lipinski definition) is 4. The van der Waals surface area contributed by atoms with Gasteiger partial charge in [-0.1, -0.05) is 6.07 Å². The summed E-state index contributed by atoms with van der Waals surface area (Å²) < 4.78 is 8.00. The molecule has 3 heterocycles. The summed E-state index contributed by atoms with van der Waals surface area (Å²) in [5.41, 5.74) is 6.21. The third-order valence-electron chi connectivity index (χ3n) is 6.75. The number of carboxylic acid groups (broad SMARTS) is 1. The van der Waals surface area contributed by atoms with Crippen LogP contribution < -0.4 is 15.0 Å². The van der Waals surface area contributed by atoms with E-state index < -0.39 is 5.97 Å². The highest BCUT2D eigenvalue weighted by molar-refractivity contribution is 7.80. The van der Waals surface area contributed by atoms with Gasteiger partial charge in [-0.3, -0.25) is 4.98 Å². The van der Waals surface area contributed by atoms with Gasteiger partial charge in [0.05, 0.1) is 29.4 Å². The van der Waals surface area contributed by atoms with Crippen molar-refractivity contribution in [1.82, 2.24) is 14.9 Å². The molecule has 1 saturated heterocycles. The maximum absolute atomic E-state index is 11.4. The number of aromatic carboxylic acids is 1. The zero-order chi connectivity index (χ0) is 27.0. The average molecular weight is 527 g/mol. The molecule has 8 heteroatoms. The predicted octanol–water partition coefficient (Wildman–Crippen LogP) is 6.15. The number of carboxylic acids is 1. The van der Waals surface area contributed by atoms with Crippen molar-refractivity contribution in [2.45, 2.75) is 45.9 Å². The molecule has 0 bridgehead atoms. The van der Waals surface area contributed by atoms with Gasteiger partial charge in [0.25, 0.3) is 0 Å². The molecular weight excluding hydrogens is 496 g/mol. The van der Waals surface area contributed by atoms with Crippen molar-refractivity contribution in [3.63, 3.8) is 0 Å². The zero-order valence-corrected chi connectivity index (χ0v) is 22.6. The summed E-state index contributed by atoms with van der Waals surface area (Å²) in [4.78, 5) is 18.2. The summed E-state index contributed by atoms with van der Waals surface area (Å²) in [6, 6.07) is 22.7. The van der Waals surface area contributed by atoms with Gasteiger partial charge in [-0.25, -0.2) is 4.79 Å². The minimum absolute atomic E-state index is 0.0895. The number of aromatic nitrogens is 2. The molecule has 1 fully saturated rings. The Labute approximate surface area is 227 Å². The Balaban J connectivity index is 1.61. The van der Waals surface area contributed by atoms with Crippen molar-refractivity contribution < 1.29 is 14.6 Å². The van der Waals surface area contributed by atoms with Crippen molar-refractivity contribution >= 4 is 29.0 Å². The number of hydrogen-bond donors (Lipinski definition) is 2. The molecule has 2 aromatic carbocycles. The van der Waals surface area contributed by atoms with Gasteiger partial charge < -0.3 is 24.6 Å². The second kappa shape index (κ2) is 10.3. The van der Waals surface area contributed by atoms with E-state index in [-0.39, 0.29) is 23.8 Å². The number of nitrogens with one attached hydrogen (secondary N) is 1. The van der Waals surface area contributed by atoms with Crippen LogP contribution in [0.3, 0.4) is 0 Å². The molecule has 0 saturated carbocycles. The monoisotopic (exact) mass is 526 g/mol. The van der Waals surface area contributed by atoms with Gasteiger partial charge in [-0.15, -0.1) is 0 Å². The molecule has 2 atom stereocenters. The number of carbonyl (C=O) groups is 1. The summed E-state index contributed by atoms with van der Waals surface area (Å²) in [6.45, 7) is 8.15. The van der Waals surface area contributed by atoms with Crippen molar-refractivity contribution in [3.05, 3.63) is 107 Å². The largest absolute Gasteiger partial charge is 0.491 e. The molecule has 1 aliphatic heterocycles. The third kappa shape index (κ3) is 4.75. The molecule has 2 aromatic heterocycles. The van der Waals surface area contributed by atoms with Crippen LogP contribution in [0, 0.1) is 13.8 Å². The normalized spacial score (nSPS) is 17.1. The summed E-state index contributed by atoms with van der Waals surface area (Å²) in [6.07, 6.45) is 1.89. The van der Waals surface area contributed by atoms with Crippen molar-refractivity contribution in [1.29, 1.82) is 0 Å². The first-order valence-electron chi connectivity index (χ1n) is 12.5. The summed E-state index contributed by atoms with van der Waals surface area (Å²) >= 11 is 5.89. The van der Waals surface area contributed by atoms with E-state index in [9.17, 15) is 9.90 Å². The molecule has 38 heavy (non-hydrogen) atoms. The lowest BCUT2D eigenvalue weighted by Gasteiger charge is -2.28.